The van der Waals surface area contributed by atoms with Crippen LogP contribution in [0.25, 0.3) is 0 Å². The highest BCUT2D eigenvalue weighted by Gasteiger charge is 2.31. The molecule has 0 aromatic heterocycles. The Morgan fingerprint density at radius 2 is 1.95 bits per heavy atom. The van der Waals surface area contributed by atoms with Crippen LogP contribution >= 0.6 is 12.2 Å². The van der Waals surface area contributed by atoms with E-state index in [9.17, 15) is 21.6 Å². The fourth-order valence-electron chi connectivity index (χ4n) is 1.66. The maximum Gasteiger partial charge on any atom is 0.416 e. The highest BCUT2D eigenvalue weighted by Crippen LogP contribution is 2.32. The fraction of sp³-hybridized carbons (Fsp3) is 0.417. The molecule has 4 nitrogen and oxygen atoms in total. The zero-order valence-corrected chi connectivity index (χ0v) is 13.0. The average molecular weight is 340 g/mol. The summed E-state index contributed by atoms with van der Waals surface area (Å²) in [4.78, 5) is -0.316. The summed E-state index contributed by atoms with van der Waals surface area (Å²) in [6.45, 7) is 3.42. The van der Waals surface area contributed by atoms with E-state index in [2.05, 4.69) is 16.9 Å². The third-order valence-electron chi connectivity index (χ3n) is 2.43. The molecule has 1 rings (SSSR count). The third kappa shape index (κ3) is 5.16. The molecule has 0 fully saturated rings. The number of anilines is 1. The van der Waals surface area contributed by atoms with E-state index in [-0.39, 0.29) is 27.9 Å². The predicted octanol–water partition coefficient (Wildman–Crippen LogP) is 2.74. The first kappa shape index (κ1) is 17.7. The van der Waals surface area contributed by atoms with Crippen molar-refractivity contribution in [3.63, 3.8) is 0 Å². The maximum atomic E-state index is 12.7. The standard InChI is InChI=1S/C12H15F3N2O2S2/c1-7(2)6-21(18,19)17-10-4-3-8(12(13,14)15)5-9(10)11(16)20/h3-5,7,17H,6H2,1-2H3,(H2,16,20). The van der Waals surface area contributed by atoms with Gasteiger partial charge in [-0.15, -0.1) is 0 Å². The molecule has 0 heterocycles. The van der Waals surface area contributed by atoms with E-state index in [0.717, 1.165) is 18.2 Å². The molecule has 0 bridgehead atoms. The Morgan fingerprint density at radius 3 is 2.38 bits per heavy atom. The molecule has 0 spiro atoms. The Bertz CT molecular complexity index is 640. The van der Waals surface area contributed by atoms with E-state index in [1.165, 1.54) is 0 Å². The van der Waals surface area contributed by atoms with Gasteiger partial charge in [0.05, 0.1) is 17.0 Å². The van der Waals surface area contributed by atoms with E-state index in [0.29, 0.717) is 0 Å². The lowest BCUT2D eigenvalue weighted by atomic mass is 10.1. The van der Waals surface area contributed by atoms with E-state index >= 15 is 0 Å². The second-order valence-electron chi connectivity index (χ2n) is 4.90. The molecule has 0 aliphatic rings. The van der Waals surface area contributed by atoms with Gasteiger partial charge in [0.25, 0.3) is 0 Å². The van der Waals surface area contributed by atoms with Crippen molar-refractivity contribution >= 4 is 32.9 Å². The Morgan fingerprint density at radius 1 is 1.38 bits per heavy atom. The summed E-state index contributed by atoms with van der Waals surface area (Å²) in [6.07, 6.45) is -4.56. The molecule has 0 amide bonds. The molecule has 1 aromatic carbocycles. The third-order valence-corrected chi connectivity index (χ3v) is 4.29. The fourth-order valence-corrected chi connectivity index (χ4v) is 3.30. The maximum absolute atomic E-state index is 12.7. The zero-order chi connectivity index (χ0) is 16.4. The van der Waals surface area contributed by atoms with E-state index in [4.69, 9.17) is 5.73 Å². The van der Waals surface area contributed by atoms with Gasteiger partial charge in [-0.05, 0) is 24.1 Å². The summed E-state index contributed by atoms with van der Waals surface area (Å²) in [5, 5.41) is 0. The molecule has 0 atom stereocenters. The minimum atomic E-state index is -4.56. The number of hydrogen-bond donors (Lipinski definition) is 2. The van der Waals surface area contributed by atoms with Gasteiger partial charge >= 0.3 is 6.18 Å². The SMILES string of the molecule is CC(C)CS(=O)(=O)Nc1ccc(C(F)(F)F)cc1C(N)=S. The van der Waals surface area contributed by atoms with Gasteiger partial charge in [-0.25, -0.2) is 8.42 Å². The Labute approximate surface area is 126 Å². The van der Waals surface area contributed by atoms with Crippen LogP contribution in [0.5, 0.6) is 0 Å². The molecule has 0 aliphatic carbocycles. The van der Waals surface area contributed by atoms with Crippen LogP contribution in [0.3, 0.4) is 0 Å². The molecule has 0 radical (unpaired) electrons. The van der Waals surface area contributed by atoms with Crippen LogP contribution in [0.4, 0.5) is 18.9 Å². The minimum Gasteiger partial charge on any atom is -0.389 e. The number of benzene rings is 1. The van der Waals surface area contributed by atoms with Crippen molar-refractivity contribution in [1.82, 2.24) is 0 Å². The smallest absolute Gasteiger partial charge is 0.389 e. The zero-order valence-electron chi connectivity index (χ0n) is 11.4. The van der Waals surface area contributed by atoms with Crippen molar-refractivity contribution in [2.45, 2.75) is 20.0 Å². The average Bonchev–Trinajstić information content (AvgIpc) is 2.24. The Hall–Kier alpha value is -1.35. The van der Waals surface area contributed by atoms with Crippen LogP contribution in [0.15, 0.2) is 18.2 Å². The number of halogens is 3. The van der Waals surface area contributed by atoms with Crippen molar-refractivity contribution in [2.24, 2.45) is 11.7 Å². The number of nitrogens with two attached hydrogens (primary N) is 1. The van der Waals surface area contributed by atoms with Crippen molar-refractivity contribution < 1.29 is 21.6 Å². The highest BCUT2D eigenvalue weighted by atomic mass is 32.2. The van der Waals surface area contributed by atoms with Crippen LogP contribution in [-0.2, 0) is 16.2 Å². The summed E-state index contributed by atoms with van der Waals surface area (Å²) in [5.41, 5.74) is 4.21. The van der Waals surface area contributed by atoms with E-state index < -0.39 is 21.8 Å². The van der Waals surface area contributed by atoms with Crippen molar-refractivity contribution in [3.05, 3.63) is 29.3 Å². The first-order chi connectivity index (χ1) is 9.42. The van der Waals surface area contributed by atoms with E-state index in [1.807, 2.05) is 0 Å². The molecule has 9 heteroatoms. The largest absolute Gasteiger partial charge is 0.416 e. The van der Waals surface area contributed by atoms with Gasteiger partial charge in [-0.3, -0.25) is 4.72 Å². The normalized spacial score (nSPS) is 12.5. The van der Waals surface area contributed by atoms with Crippen LogP contribution < -0.4 is 10.5 Å². The van der Waals surface area contributed by atoms with Gasteiger partial charge in [0, 0.05) is 5.56 Å². The number of alkyl halides is 3. The number of hydrogen-bond acceptors (Lipinski definition) is 3. The van der Waals surface area contributed by atoms with Gasteiger partial charge in [-0.1, -0.05) is 26.1 Å². The first-order valence-corrected chi connectivity index (χ1v) is 8.00. The van der Waals surface area contributed by atoms with Gasteiger partial charge in [0.15, 0.2) is 0 Å². The lowest BCUT2D eigenvalue weighted by Crippen LogP contribution is -2.23. The number of thiocarbonyl (C=S) groups is 1. The topological polar surface area (TPSA) is 72.2 Å². The van der Waals surface area contributed by atoms with Crippen molar-refractivity contribution in [3.8, 4) is 0 Å². The summed E-state index contributed by atoms with van der Waals surface area (Å²) >= 11 is 4.68. The number of nitrogens with one attached hydrogen (secondary N) is 1. The summed E-state index contributed by atoms with van der Waals surface area (Å²) in [6, 6.07) is 2.51. The number of rotatable bonds is 5. The van der Waals surface area contributed by atoms with Crippen molar-refractivity contribution in [2.75, 3.05) is 10.5 Å². The van der Waals surface area contributed by atoms with Crippen LogP contribution in [0, 0.1) is 5.92 Å². The highest BCUT2D eigenvalue weighted by molar-refractivity contribution is 7.92. The minimum absolute atomic E-state index is 0.0591. The summed E-state index contributed by atoms with van der Waals surface area (Å²) < 4.78 is 63.9. The van der Waals surface area contributed by atoms with Gasteiger partial charge in [0.1, 0.15) is 4.99 Å². The second-order valence-corrected chi connectivity index (χ2v) is 7.11. The molecular weight excluding hydrogens is 325 g/mol. The first-order valence-electron chi connectivity index (χ1n) is 5.94. The summed E-state index contributed by atoms with van der Waals surface area (Å²) in [5.74, 6) is -0.296. The van der Waals surface area contributed by atoms with Gasteiger partial charge in [0.2, 0.25) is 10.0 Å². The van der Waals surface area contributed by atoms with Crippen LogP contribution in [0.2, 0.25) is 0 Å². The predicted molar refractivity (Wildman–Crippen MR) is 79.6 cm³/mol. The molecule has 118 valence electrons. The van der Waals surface area contributed by atoms with Crippen LogP contribution in [-0.4, -0.2) is 19.2 Å². The molecular formula is C12H15F3N2O2S2. The molecule has 1 aromatic rings. The number of sulfonamides is 1. The lowest BCUT2D eigenvalue weighted by Gasteiger charge is -2.15. The van der Waals surface area contributed by atoms with Gasteiger partial charge < -0.3 is 5.73 Å². The van der Waals surface area contributed by atoms with Crippen LogP contribution in [0.1, 0.15) is 25.0 Å². The molecule has 0 unspecified atom stereocenters. The Balaban J connectivity index is 3.23. The molecule has 3 N–H and O–H groups in total. The molecule has 0 saturated heterocycles. The molecule has 0 saturated carbocycles. The van der Waals surface area contributed by atoms with Gasteiger partial charge in [-0.2, -0.15) is 13.2 Å². The second kappa shape index (κ2) is 6.18. The van der Waals surface area contributed by atoms with E-state index in [1.54, 1.807) is 13.8 Å². The Kier molecular flexibility index (Phi) is 5.21. The molecule has 0 aliphatic heterocycles. The van der Waals surface area contributed by atoms with Crippen molar-refractivity contribution in [1.29, 1.82) is 0 Å². The molecule has 21 heavy (non-hydrogen) atoms. The lowest BCUT2D eigenvalue weighted by molar-refractivity contribution is -0.137. The quantitative estimate of drug-likeness (QED) is 0.809. The monoisotopic (exact) mass is 340 g/mol. The summed E-state index contributed by atoms with van der Waals surface area (Å²) in [7, 11) is -3.68.